The third kappa shape index (κ3) is 6.20. The van der Waals surface area contributed by atoms with E-state index in [2.05, 4.69) is 248 Å². The van der Waals surface area contributed by atoms with Crippen LogP contribution in [0, 0.1) is 0 Å². The topological polar surface area (TPSA) is 3.24 Å². The molecule has 10 rings (SSSR count). The summed E-state index contributed by atoms with van der Waals surface area (Å²) in [6, 6.07) is 71.2. The first-order valence-corrected chi connectivity index (χ1v) is 21.9. The standard InChI is InChI=1S/C60H55N/c1-57(2,3)42-24-28-44(29-25-42)60(45-30-26-43(27-31-45)58(4,5)6)54-21-15-13-19-50(54)52-37-35-48(39-56(52)60)61(46-32-22-41(23-33-46)40-16-10-9-11-17-40)47-34-36-51-49-18-12-14-20-53(49)59(7,8)55(51)38-47/h9-39H,1-8H3. The molecule has 1 heteroatoms. The fraction of sp³-hybridized carbons (Fsp3) is 0.200. The molecular formula is C60H55N. The molecule has 61 heavy (non-hydrogen) atoms. The van der Waals surface area contributed by atoms with Crippen LogP contribution in [0.4, 0.5) is 17.1 Å². The zero-order valence-electron chi connectivity index (χ0n) is 36.8. The van der Waals surface area contributed by atoms with Crippen molar-refractivity contribution in [1.29, 1.82) is 0 Å². The molecule has 0 fully saturated rings. The van der Waals surface area contributed by atoms with E-state index in [9.17, 15) is 0 Å². The minimum absolute atomic E-state index is 0.0427. The second kappa shape index (κ2) is 14.1. The Morgan fingerprint density at radius 1 is 0.344 bits per heavy atom. The molecule has 0 bridgehead atoms. The molecule has 2 aliphatic rings. The van der Waals surface area contributed by atoms with E-state index in [1.54, 1.807) is 0 Å². The number of rotatable bonds is 6. The van der Waals surface area contributed by atoms with Crippen LogP contribution >= 0.6 is 0 Å². The van der Waals surface area contributed by atoms with Gasteiger partial charge in [0.2, 0.25) is 0 Å². The summed E-state index contributed by atoms with van der Waals surface area (Å²) in [5.74, 6) is 0. The summed E-state index contributed by atoms with van der Waals surface area (Å²) in [4.78, 5) is 2.48. The van der Waals surface area contributed by atoms with Crippen molar-refractivity contribution < 1.29 is 0 Å². The van der Waals surface area contributed by atoms with E-state index in [0.717, 1.165) is 17.1 Å². The van der Waals surface area contributed by atoms with Gasteiger partial charge in [0, 0.05) is 22.5 Å². The monoisotopic (exact) mass is 789 g/mol. The van der Waals surface area contributed by atoms with Crippen molar-refractivity contribution in [2.24, 2.45) is 0 Å². The molecule has 0 N–H and O–H groups in total. The van der Waals surface area contributed by atoms with Crippen LogP contribution in [0.15, 0.2) is 188 Å². The largest absolute Gasteiger partial charge is 0.310 e. The van der Waals surface area contributed by atoms with Crippen molar-refractivity contribution in [3.8, 4) is 33.4 Å². The van der Waals surface area contributed by atoms with Gasteiger partial charge < -0.3 is 4.90 Å². The van der Waals surface area contributed by atoms with Crippen molar-refractivity contribution in [3.05, 3.63) is 233 Å². The van der Waals surface area contributed by atoms with Crippen LogP contribution in [0.5, 0.6) is 0 Å². The molecule has 0 aliphatic heterocycles. The predicted molar refractivity (Wildman–Crippen MR) is 259 cm³/mol. The average molecular weight is 790 g/mol. The lowest BCUT2D eigenvalue weighted by Gasteiger charge is -2.36. The van der Waals surface area contributed by atoms with Crippen LogP contribution in [0.3, 0.4) is 0 Å². The number of fused-ring (bicyclic) bond motifs is 6. The molecule has 0 saturated carbocycles. The first-order chi connectivity index (χ1) is 29.3. The minimum Gasteiger partial charge on any atom is -0.310 e. The number of hydrogen-bond donors (Lipinski definition) is 0. The number of anilines is 3. The highest BCUT2D eigenvalue weighted by Gasteiger charge is 2.47. The second-order valence-electron chi connectivity index (χ2n) is 19.8. The second-order valence-corrected chi connectivity index (χ2v) is 19.8. The molecule has 8 aromatic carbocycles. The van der Waals surface area contributed by atoms with Gasteiger partial charge >= 0.3 is 0 Å². The van der Waals surface area contributed by atoms with Gasteiger partial charge in [0.1, 0.15) is 0 Å². The Morgan fingerprint density at radius 2 is 0.754 bits per heavy atom. The fourth-order valence-electron chi connectivity index (χ4n) is 10.3. The highest BCUT2D eigenvalue weighted by molar-refractivity contribution is 5.91. The zero-order chi connectivity index (χ0) is 42.3. The molecular weight excluding hydrogens is 735 g/mol. The molecule has 1 nitrogen and oxygen atoms in total. The van der Waals surface area contributed by atoms with E-state index < -0.39 is 5.41 Å². The molecule has 0 saturated heterocycles. The molecule has 0 radical (unpaired) electrons. The highest BCUT2D eigenvalue weighted by Crippen LogP contribution is 2.58. The van der Waals surface area contributed by atoms with Crippen molar-refractivity contribution >= 4 is 17.1 Å². The van der Waals surface area contributed by atoms with E-state index in [1.165, 1.54) is 77.9 Å². The van der Waals surface area contributed by atoms with Gasteiger partial charge in [0.05, 0.1) is 5.41 Å². The normalized spacial score (nSPS) is 14.5. The SMILES string of the molecule is CC(C)(C)c1ccc(C2(c3ccc(C(C)(C)C)cc3)c3ccccc3-c3ccc(N(c4ccc(-c5ccccc5)cc4)c4ccc5c(c4)C(C)(C)c4ccccc4-5)cc32)cc1. The Bertz CT molecular complexity index is 2860. The van der Waals surface area contributed by atoms with Crippen molar-refractivity contribution in [2.75, 3.05) is 4.90 Å². The maximum atomic E-state index is 2.50. The Kier molecular flexibility index (Phi) is 8.93. The van der Waals surface area contributed by atoms with Crippen molar-refractivity contribution in [2.45, 2.75) is 77.0 Å². The lowest BCUT2D eigenvalue weighted by atomic mass is 9.67. The summed E-state index contributed by atoms with van der Waals surface area (Å²) in [5, 5.41) is 0. The fourth-order valence-corrected chi connectivity index (χ4v) is 10.3. The zero-order valence-corrected chi connectivity index (χ0v) is 36.8. The summed E-state index contributed by atoms with van der Waals surface area (Å²) in [7, 11) is 0. The minimum atomic E-state index is -0.542. The summed E-state index contributed by atoms with van der Waals surface area (Å²) in [6.07, 6.45) is 0. The van der Waals surface area contributed by atoms with E-state index in [-0.39, 0.29) is 16.2 Å². The van der Waals surface area contributed by atoms with Crippen LogP contribution < -0.4 is 4.90 Å². The molecule has 0 heterocycles. The van der Waals surface area contributed by atoms with E-state index in [1.807, 2.05) is 0 Å². The van der Waals surface area contributed by atoms with Crippen LogP contribution in [-0.2, 0) is 21.7 Å². The van der Waals surface area contributed by atoms with Gasteiger partial charge in [-0.3, -0.25) is 0 Å². The smallest absolute Gasteiger partial charge is 0.0714 e. The van der Waals surface area contributed by atoms with E-state index in [0.29, 0.717) is 0 Å². The number of benzene rings is 8. The van der Waals surface area contributed by atoms with Gasteiger partial charge in [0.25, 0.3) is 0 Å². The first-order valence-electron chi connectivity index (χ1n) is 21.9. The van der Waals surface area contributed by atoms with Crippen LogP contribution in [0.1, 0.15) is 99.9 Å². The number of nitrogens with zero attached hydrogens (tertiary/aromatic N) is 1. The van der Waals surface area contributed by atoms with E-state index >= 15 is 0 Å². The Morgan fingerprint density at radius 3 is 1.30 bits per heavy atom. The van der Waals surface area contributed by atoms with E-state index in [4.69, 9.17) is 0 Å². The van der Waals surface area contributed by atoms with Crippen molar-refractivity contribution in [1.82, 2.24) is 0 Å². The summed E-state index contributed by atoms with van der Waals surface area (Å²) >= 11 is 0. The average Bonchev–Trinajstić information content (AvgIpc) is 3.69. The lowest BCUT2D eigenvalue weighted by Crippen LogP contribution is -2.29. The van der Waals surface area contributed by atoms with Crippen LogP contribution in [0.25, 0.3) is 33.4 Å². The third-order valence-electron chi connectivity index (χ3n) is 13.7. The van der Waals surface area contributed by atoms with Gasteiger partial charge in [0.15, 0.2) is 0 Å². The maximum absolute atomic E-state index is 2.50. The van der Waals surface area contributed by atoms with Gasteiger partial charge in [-0.15, -0.1) is 0 Å². The van der Waals surface area contributed by atoms with Crippen LogP contribution in [0.2, 0.25) is 0 Å². The molecule has 8 aromatic rings. The first kappa shape index (κ1) is 38.7. The maximum Gasteiger partial charge on any atom is 0.0714 e. The summed E-state index contributed by atoms with van der Waals surface area (Å²) in [5.41, 5.74) is 21.1. The Hall–Kier alpha value is -6.44. The predicted octanol–water partition coefficient (Wildman–Crippen LogP) is 16.1. The van der Waals surface area contributed by atoms with Gasteiger partial charge in [-0.25, -0.2) is 0 Å². The van der Waals surface area contributed by atoms with Gasteiger partial charge in [-0.05, 0) is 125 Å². The summed E-state index contributed by atoms with van der Waals surface area (Å²) < 4.78 is 0. The molecule has 0 spiro atoms. The lowest BCUT2D eigenvalue weighted by molar-refractivity contribution is 0.588. The molecule has 300 valence electrons. The Balaban J connectivity index is 1.22. The quantitative estimate of drug-likeness (QED) is 0.162. The van der Waals surface area contributed by atoms with Crippen molar-refractivity contribution in [3.63, 3.8) is 0 Å². The van der Waals surface area contributed by atoms with Gasteiger partial charge in [-0.2, -0.15) is 0 Å². The molecule has 0 amide bonds. The molecule has 2 aliphatic carbocycles. The third-order valence-corrected chi connectivity index (χ3v) is 13.7. The molecule has 0 unspecified atom stereocenters. The van der Waals surface area contributed by atoms with Crippen LogP contribution in [-0.4, -0.2) is 0 Å². The molecule has 0 atom stereocenters. The van der Waals surface area contributed by atoms with Gasteiger partial charge in [-0.1, -0.05) is 207 Å². The number of hydrogen-bond acceptors (Lipinski definition) is 1. The summed E-state index contributed by atoms with van der Waals surface area (Å²) in [6.45, 7) is 18.5. The Labute approximate surface area is 363 Å². The highest BCUT2D eigenvalue weighted by atomic mass is 15.1. The molecule has 0 aromatic heterocycles.